The predicted octanol–water partition coefficient (Wildman–Crippen LogP) is -0.190. The maximum Gasteiger partial charge on any atom is 0.320 e. The highest BCUT2D eigenvalue weighted by Gasteiger charge is 1.98. The molecule has 0 aromatic carbocycles. The number of amides is 2. The van der Waals surface area contributed by atoms with E-state index in [2.05, 4.69) is 20.6 Å². The summed E-state index contributed by atoms with van der Waals surface area (Å²) in [6.07, 6.45) is 2.75. The van der Waals surface area contributed by atoms with Gasteiger partial charge >= 0.3 is 6.03 Å². The molecule has 1 aromatic heterocycles. The van der Waals surface area contributed by atoms with E-state index in [1.54, 1.807) is 0 Å². The van der Waals surface area contributed by atoms with Crippen molar-refractivity contribution in [2.24, 2.45) is 0 Å². The molecule has 0 aliphatic carbocycles. The number of nitrogen functional groups attached to an aromatic ring is 1. The first kappa shape index (κ1) is 8.25. The van der Waals surface area contributed by atoms with E-state index in [0.717, 1.165) is 0 Å². The number of urea groups is 1. The summed E-state index contributed by atoms with van der Waals surface area (Å²) in [5, 5.41) is 4.82. The molecule has 0 bridgehead atoms. The van der Waals surface area contributed by atoms with Crippen LogP contribution in [-0.4, -0.2) is 23.0 Å². The zero-order chi connectivity index (χ0) is 8.97. The molecule has 0 unspecified atom stereocenters. The largest absolute Gasteiger partial charge is 0.382 e. The summed E-state index contributed by atoms with van der Waals surface area (Å²) in [7, 11) is 1.51. The van der Waals surface area contributed by atoms with Gasteiger partial charge in [0.2, 0.25) is 0 Å². The first-order chi connectivity index (χ1) is 5.72. The Kier molecular flexibility index (Phi) is 2.42. The van der Waals surface area contributed by atoms with Crippen LogP contribution in [0, 0.1) is 0 Å². The molecule has 6 heteroatoms. The highest BCUT2D eigenvalue weighted by molar-refractivity contribution is 5.87. The average molecular weight is 167 g/mol. The van der Waals surface area contributed by atoms with Crippen LogP contribution in [-0.2, 0) is 0 Å². The molecular formula is C6H9N5O. The maximum atomic E-state index is 10.7. The van der Waals surface area contributed by atoms with E-state index >= 15 is 0 Å². The molecule has 4 N–H and O–H groups in total. The first-order valence-electron chi connectivity index (χ1n) is 3.28. The summed E-state index contributed by atoms with van der Waals surface area (Å²) in [6, 6.07) is -0.339. The van der Waals surface area contributed by atoms with Crippen LogP contribution in [0.1, 0.15) is 0 Å². The Labute approximate surface area is 69.2 Å². The minimum absolute atomic E-state index is 0.317. The summed E-state index contributed by atoms with van der Waals surface area (Å²) in [5.74, 6) is 0.681. The third-order valence-electron chi connectivity index (χ3n) is 1.14. The second-order valence-corrected chi connectivity index (χ2v) is 2.03. The molecule has 0 spiro atoms. The van der Waals surface area contributed by atoms with Crippen molar-refractivity contribution in [3.63, 3.8) is 0 Å². The number of carbonyl (C=O) groups excluding carboxylic acids is 1. The highest BCUT2D eigenvalue weighted by atomic mass is 16.2. The second kappa shape index (κ2) is 3.51. The number of anilines is 2. The smallest absolute Gasteiger partial charge is 0.320 e. The van der Waals surface area contributed by atoms with E-state index in [9.17, 15) is 4.79 Å². The predicted molar refractivity (Wildman–Crippen MR) is 44.5 cm³/mol. The number of rotatable bonds is 1. The number of nitrogens with one attached hydrogen (secondary N) is 2. The molecule has 0 atom stereocenters. The van der Waals surface area contributed by atoms with Gasteiger partial charge in [0, 0.05) is 7.05 Å². The molecule has 1 rings (SSSR count). The van der Waals surface area contributed by atoms with Crippen LogP contribution in [0.25, 0.3) is 0 Å². The highest BCUT2D eigenvalue weighted by Crippen LogP contribution is 2.00. The van der Waals surface area contributed by atoms with Crippen molar-refractivity contribution in [3.8, 4) is 0 Å². The van der Waals surface area contributed by atoms with E-state index in [1.807, 2.05) is 0 Å². The van der Waals surface area contributed by atoms with E-state index in [1.165, 1.54) is 19.4 Å². The number of carbonyl (C=O) groups is 1. The van der Waals surface area contributed by atoms with Gasteiger partial charge < -0.3 is 11.1 Å². The standard InChI is InChI=1S/C6H9N5O/c1-8-6(12)11-5-3-9-4(7)2-10-5/h2-3H,1H3,(H2,7,9)(H2,8,10,11,12). The van der Waals surface area contributed by atoms with Gasteiger partial charge in [-0.1, -0.05) is 0 Å². The normalized spacial score (nSPS) is 9.08. The Morgan fingerprint density at radius 1 is 1.50 bits per heavy atom. The van der Waals surface area contributed by atoms with Crippen LogP contribution in [0.15, 0.2) is 12.4 Å². The van der Waals surface area contributed by atoms with Crippen molar-refractivity contribution in [3.05, 3.63) is 12.4 Å². The molecule has 12 heavy (non-hydrogen) atoms. The summed E-state index contributed by atoms with van der Waals surface area (Å²) < 4.78 is 0. The Morgan fingerprint density at radius 3 is 2.75 bits per heavy atom. The summed E-state index contributed by atoms with van der Waals surface area (Å²) in [4.78, 5) is 18.3. The lowest BCUT2D eigenvalue weighted by Gasteiger charge is -2.01. The van der Waals surface area contributed by atoms with E-state index in [4.69, 9.17) is 5.73 Å². The number of aromatic nitrogens is 2. The Hall–Kier alpha value is -1.85. The van der Waals surface area contributed by atoms with Crippen molar-refractivity contribution in [1.29, 1.82) is 0 Å². The first-order valence-corrected chi connectivity index (χ1v) is 3.28. The van der Waals surface area contributed by atoms with Gasteiger partial charge in [-0.2, -0.15) is 0 Å². The molecule has 2 amide bonds. The molecule has 64 valence electrons. The van der Waals surface area contributed by atoms with Crippen molar-refractivity contribution < 1.29 is 4.79 Å². The van der Waals surface area contributed by atoms with Gasteiger partial charge in [0.25, 0.3) is 0 Å². The summed E-state index contributed by atoms with van der Waals surface area (Å²) in [6.45, 7) is 0. The number of nitrogens with two attached hydrogens (primary N) is 1. The van der Waals surface area contributed by atoms with Crippen LogP contribution < -0.4 is 16.4 Å². The van der Waals surface area contributed by atoms with Gasteiger partial charge in [0.05, 0.1) is 12.4 Å². The van der Waals surface area contributed by atoms with Gasteiger partial charge in [0.15, 0.2) is 5.82 Å². The summed E-state index contributed by atoms with van der Waals surface area (Å²) in [5.41, 5.74) is 5.29. The van der Waals surface area contributed by atoms with Crippen LogP contribution in [0.4, 0.5) is 16.4 Å². The van der Waals surface area contributed by atoms with Crippen molar-refractivity contribution >= 4 is 17.7 Å². The SMILES string of the molecule is CNC(=O)Nc1cnc(N)cn1. The van der Waals surface area contributed by atoms with Crippen LogP contribution in [0.5, 0.6) is 0 Å². The van der Waals surface area contributed by atoms with E-state index in [0.29, 0.717) is 11.6 Å². The number of hydrogen-bond donors (Lipinski definition) is 3. The minimum Gasteiger partial charge on any atom is -0.382 e. The van der Waals surface area contributed by atoms with Gasteiger partial charge in [-0.25, -0.2) is 14.8 Å². The lowest BCUT2D eigenvalue weighted by Crippen LogP contribution is -2.25. The fourth-order valence-electron chi connectivity index (χ4n) is 0.581. The number of nitrogens with zero attached hydrogens (tertiary/aromatic N) is 2. The average Bonchev–Trinajstić information content (AvgIpc) is 2.09. The Bertz CT molecular complexity index is 270. The Balaban J connectivity index is 2.64. The van der Waals surface area contributed by atoms with Crippen LogP contribution >= 0.6 is 0 Å². The van der Waals surface area contributed by atoms with Gasteiger partial charge in [-0.05, 0) is 0 Å². The number of hydrogen-bond acceptors (Lipinski definition) is 4. The molecule has 0 fully saturated rings. The molecule has 0 aliphatic heterocycles. The minimum atomic E-state index is -0.339. The van der Waals surface area contributed by atoms with Crippen molar-refractivity contribution in [1.82, 2.24) is 15.3 Å². The fraction of sp³-hybridized carbons (Fsp3) is 0.167. The Morgan fingerprint density at radius 2 is 2.25 bits per heavy atom. The maximum absolute atomic E-state index is 10.7. The molecule has 0 saturated heterocycles. The lowest BCUT2D eigenvalue weighted by molar-refractivity contribution is 0.254. The molecule has 1 heterocycles. The van der Waals surface area contributed by atoms with Gasteiger partial charge in [0.1, 0.15) is 5.82 Å². The molecule has 6 nitrogen and oxygen atoms in total. The molecular weight excluding hydrogens is 158 g/mol. The third-order valence-corrected chi connectivity index (χ3v) is 1.14. The molecule has 0 radical (unpaired) electrons. The van der Waals surface area contributed by atoms with Crippen LogP contribution in [0.3, 0.4) is 0 Å². The van der Waals surface area contributed by atoms with Gasteiger partial charge in [-0.3, -0.25) is 5.32 Å². The summed E-state index contributed by atoms with van der Waals surface area (Å²) >= 11 is 0. The zero-order valence-corrected chi connectivity index (χ0v) is 6.53. The van der Waals surface area contributed by atoms with Crippen molar-refractivity contribution in [2.45, 2.75) is 0 Å². The van der Waals surface area contributed by atoms with Crippen LogP contribution in [0.2, 0.25) is 0 Å². The monoisotopic (exact) mass is 167 g/mol. The zero-order valence-electron chi connectivity index (χ0n) is 6.53. The topological polar surface area (TPSA) is 92.9 Å². The lowest BCUT2D eigenvalue weighted by atomic mass is 10.6. The van der Waals surface area contributed by atoms with Gasteiger partial charge in [-0.15, -0.1) is 0 Å². The molecule has 0 aliphatic rings. The fourth-order valence-corrected chi connectivity index (χ4v) is 0.581. The third kappa shape index (κ3) is 2.08. The molecule has 1 aromatic rings. The molecule has 0 saturated carbocycles. The quantitative estimate of drug-likeness (QED) is 0.540. The van der Waals surface area contributed by atoms with Crippen molar-refractivity contribution in [2.75, 3.05) is 18.1 Å². The van der Waals surface area contributed by atoms with E-state index < -0.39 is 0 Å². The second-order valence-electron chi connectivity index (χ2n) is 2.03. The van der Waals surface area contributed by atoms with E-state index in [-0.39, 0.29) is 6.03 Å².